The molecule has 118 valence electrons. The van der Waals surface area contributed by atoms with Crippen LogP contribution in [0.15, 0.2) is 12.7 Å². The average molecular weight is 312 g/mol. The van der Waals surface area contributed by atoms with Gasteiger partial charge in [0, 0.05) is 0 Å². The first-order chi connectivity index (χ1) is 10.4. The summed E-state index contributed by atoms with van der Waals surface area (Å²) in [5.74, 6) is -1.18. The van der Waals surface area contributed by atoms with E-state index in [2.05, 4.69) is 15.0 Å². The Kier molecular flexibility index (Phi) is 3.20. The molecule has 10 nitrogen and oxygen atoms in total. The lowest BCUT2D eigenvalue weighted by molar-refractivity contribution is -0.167. The van der Waals surface area contributed by atoms with Gasteiger partial charge in [0.15, 0.2) is 17.6 Å². The molecule has 0 spiro atoms. The Morgan fingerprint density at radius 2 is 2.23 bits per heavy atom. The number of rotatable bonds is 3. The van der Waals surface area contributed by atoms with Gasteiger partial charge in [0.2, 0.25) is 0 Å². The summed E-state index contributed by atoms with van der Waals surface area (Å²) in [6.45, 7) is -0.694. The molecule has 2 aromatic rings. The predicted molar refractivity (Wildman–Crippen MR) is 69.8 cm³/mol. The van der Waals surface area contributed by atoms with Crippen molar-refractivity contribution in [3.8, 4) is 0 Å². The van der Waals surface area contributed by atoms with Gasteiger partial charge < -0.3 is 26.4 Å². The second kappa shape index (κ2) is 4.83. The van der Waals surface area contributed by atoms with Crippen molar-refractivity contribution in [1.82, 2.24) is 19.5 Å². The Morgan fingerprint density at radius 3 is 2.82 bits per heavy atom. The molecule has 0 unspecified atom stereocenters. The minimum Gasteiger partial charge on any atom is -0.394 e. The Morgan fingerprint density at radius 1 is 1.50 bits per heavy atom. The molecule has 1 saturated heterocycles. The van der Waals surface area contributed by atoms with E-state index in [4.69, 9.17) is 21.3 Å². The number of anilines is 1. The van der Waals surface area contributed by atoms with Crippen molar-refractivity contribution in [2.24, 2.45) is 5.73 Å². The topological polar surface area (TPSA) is 162 Å². The molecule has 1 aliphatic rings. The fraction of sp³-hybridized carbons (Fsp3) is 0.455. The van der Waals surface area contributed by atoms with E-state index in [0.717, 1.165) is 17.2 Å². The van der Waals surface area contributed by atoms with Crippen LogP contribution >= 0.6 is 0 Å². The third-order valence-corrected chi connectivity index (χ3v) is 3.64. The number of aliphatic hydroxyl groups excluding tert-OH is 2. The lowest BCUT2D eigenvalue weighted by atomic mass is 10.0. The predicted octanol–water partition coefficient (Wildman–Crippen LogP) is -2.36. The zero-order chi connectivity index (χ0) is 16.1. The largest absolute Gasteiger partial charge is 0.394 e. The Balaban J connectivity index is 2.24. The van der Waals surface area contributed by atoms with Gasteiger partial charge in [-0.3, -0.25) is 9.36 Å². The molecule has 1 aliphatic heterocycles. The molecule has 11 heteroatoms. The average Bonchev–Trinajstić information content (AvgIpc) is 3.02. The molecule has 4 atom stereocenters. The number of carbonyl (C=O) groups is 1. The molecule has 6 N–H and O–H groups in total. The molecule has 3 heterocycles. The van der Waals surface area contributed by atoms with E-state index in [9.17, 15) is 14.3 Å². The van der Waals surface area contributed by atoms with Crippen LogP contribution in [0.5, 0.6) is 0 Å². The molecule has 3 rings (SSSR count). The number of primary amides is 1. The minimum absolute atomic E-state index is 0.0136. The minimum atomic E-state index is -2.39. The van der Waals surface area contributed by atoms with E-state index >= 15 is 0 Å². The Bertz CT molecular complexity index is 738. The second-order valence-electron chi connectivity index (χ2n) is 4.84. The van der Waals surface area contributed by atoms with Crippen LogP contribution in [0.25, 0.3) is 11.2 Å². The van der Waals surface area contributed by atoms with Gasteiger partial charge in [0.25, 0.3) is 11.6 Å². The number of aromatic nitrogens is 4. The first-order valence-corrected chi connectivity index (χ1v) is 6.28. The van der Waals surface area contributed by atoms with Crippen molar-refractivity contribution in [3.05, 3.63) is 12.7 Å². The number of aliphatic hydroxyl groups is 2. The van der Waals surface area contributed by atoms with Crippen molar-refractivity contribution < 1.29 is 24.1 Å². The number of amides is 1. The maximum Gasteiger partial charge on any atom is 0.274 e. The van der Waals surface area contributed by atoms with Crippen LogP contribution in [0.3, 0.4) is 0 Å². The summed E-state index contributed by atoms with van der Waals surface area (Å²) in [6, 6.07) is 0. The fourth-order valence-corrected chi connectivity index (χ4v) is 2.53. The summed E-state index contributed by atoms with van der Waals surface area (Å²) in [5.41, 5.74) is 8.69. The summed E-state index contributed by atoms with van der Waals surface area (Å²) in [5, 5.41) is 19.0. The Hall–Kier alpha value is -2.37. The van der Waals surface area contributed by atoms with Crippen molar-refractivity contribution >= 4 is 22.9 Å². The lowest BCUT2D eigenvalue weighted by Gasteiger charge is -2.28. The van der Waals surface area contributed by atoms with Crippen LogP contribution in [0.4, 0.5) is 10.2 Å². The molecular weight excluding hydrogens is 299 g/mol. The number of halogens is 1. The molecule has 1 amide bonds. The number of hydrogen-bond acceptors (Lipinski definition) is 8. The summed E-state index contributed by atoms with van der Waals surface area (Å²) < 4.78 is 20.8. The summed E-state index contributed by atoms with van der Waals surface area (Å²) in [6.07, 6.45) is -3.12. The van der Waals surface area contributed by atoms with Crippen LogP contribution < -0.4 is 11.5 Å². The Labute approximate surface area is 122 Å². The second-order valence-corrected chi connectivity index (χ2v) is 4.84. The maximum absolute atomic E-state index is 14.6. The van der Waals surface area contributed by atoms with Crippen LogP contribution in [0.2, 0.25) is 0 Å². The number of nitrogens with zero attached hydrogens (tertiary/aromatic N) is 4. The number of ether oxygens (including phenoxy) is 1. The third kappa shape index (κ3) is 1.70. The van der Waals surface area contributed by atoms with Crippen molar-refractivity contribution in [2.45, 2.75) is 24.1 Å². The highest BCUT2D eigenvalue weighted by molar-refractivity contribution is 5.87. The fourth-order valence-electron chi connectivity index (χ4n) is 2.53. The number of imidazole rings is 1. The maximum atomic E-state index is 14.6. The highest BCUT2D eigenvalue weighted by Crippen LogP contribution is 2.39. The van der Waals surface area contributed by atoms with Crippen molar-refractivity contribution in [2.75, 3.05) is 12.3 Å². The highest BCUT2D eigenvalue weighted by Gasteiger charge is 2.61. The van der Waals surface area contributed by atoms with E-state index in [1.165, 1.54) is 0 Å². The summed E-state index contributed by atoms with van der Waals surface area (Å²) >= 11 is 0. The SMILES string of the molecule is NC(=O)[C@@]1(n2cnc3c(N)ncnc32)O[C@H](CO)[C@@H](O)[C@H]1F. The monoisotopic (exact) mass is 312 g/mol. The van der Waals surface area contributed by atoms with Crippen LogP contribution in [0.1, 0.15) is 0 Å². The van der Waals surface area contributed by atoms with Crippen molar-refractivity contribution in [3.63, 3.8) is 0 Å². The van der Waals surface area contributed by atoms with Gasteiger partial charge in [-0.25, -0.2) is 19.3 Å². The normalized spacial score (nSPS) is 31.7. The number of nitrogens with two attached hydrogens (primary N) is 2. The van der Waals surface area contributed by atoms with E-state index in [-0.39, 0.29) is 17.0 Å². The number of carbonyl (C=O) groups excluding carboxylic acids is 1. The molecule has 0 bridgehead atoms. The molecule has 0 aromatic carbocycles. The van der Waals surface area contributed by atoms with Gasteiger partial charge in [-0.15, -0.1) is 0 Å². The molecule has 0 radical (unpaired) electrons. The standard InChI is InChI=1S/C11H13FN6O4/c12-7-6(20)4(1-19)22-11(7,10(14)21)18-3-17-5-8(13)15-2-16-9(5)18/h2-4,6-7,19-20H,1H2,(H2,14,21)(H2,13,15,16)/t4-,6-,7-,11+/m1/s1. The molecular formula is C11H13FN6O4. The first kappa shape index (κ1) is 14.6. The van der Waals surface area contributed by atoms with Gasteiger partial charge in [0.05, 0.1) is 6.61 Å². The lowest BCUT2D eigenvalue weighted by Crippen LogP contribution is -2.53. The quantitative estimate of drug-likeness (QED) is 0.489. The van der Waals surface area contributed by atoms with Gasteiger partial charge in [-0.2, -0.15) is 0 Å². The van der Waals surface area contributed by atoms with Crippen LogP contribution in [-0.4, -0.2) is 60.6 Å². The molecule has 0 saturated carbocycles. The van der Waals surface area contributed by atoms with Crippen molar-refractivity contribution in [1.29, 1.82) is 0 Å². The van der Waals surface area contributed by atoms with E-state index < -0.39 is 36.6 Å². The number of hydrogen-bond donors (Lipinski definition) is 4. The molecule has 0 aliphatic carbocycles. The smallest absolute Gasteiger partial charge is 0.274 e. The molecule has 22 heavy (non-hydrogen) atoms. The van der Waals surface area contributed by atoms with Gasteiger partial charge in [0.1, 0.15) is 30.4 Å². The van der Waals surface area contributed by atoms with Gasteiger partial charge in [-0.1, -0.05) is 0 Å². The highest BCUT2D eigenvalue weighted by atomic mass is 19.1. The summed E-state index contributed by atoms with van der Waals surface area (Å²) in [7, 11) is 0. The van der Waals surface area contributed by atoms with E-state index in [1.807, 2.05) is 0 Å². The zero-order valence-corrected chi connectivity index (χ0v) is 11.1. The number of nitrogen functional groups attached to an aromatic ring is 1. The summed E-state index contributed by atoms with van der Waals surface area (Å²) in [4.78, 5) is 23.4. The van der Waals surface area contributed by atoms with Crippen LogP contribution in [0, 0.1) is 0 Å². The van der Waals surface area contributed by atoms with Gasteiger partial charge in [-0.05, 0) is 0 Å². The third-order valence-electron chi connectivity index (χ3n) is 3.64. The first-order valence-electron chi connectivity index (χ1n) is 6.28. The van der Waals surface area contributed by atoms with E-state index in [1.54, 1.807) is 0 Å². The molecule has 2 aromatic heterocycles. The van der Waals surface area contributed by atoms with Crippen LogP contribution in [-0.2, 0) is 15.3 Å². The number of alkyl halides is 1. The zero-order valence-electron chi connectivity index (χ0n) is 11.1. The number of fused-ring (bicyclic) bond motifs is 1. The van der Waals surface area contributed by atoms with E-state index in [0.29, 0.717) is 0 Å². The molecule has 1 fully saturated rings. The van der Waals surface area contributed by atoms with Gasteiger partial charge >= 0.3 is 0 Å².